The van der Waals surface area contributed by atoms with Crippen LogP contribution in [0.25, 0.3) is 0 Å². The van der Waals surface area contributed by atoms with Gasteiger partial charge in [-0.15, -0.1) is 0 Å². The average molecular weight is 289 g/mol. The molecule has 0 saturated heterocycles. The van der Waals surface area contributed by atoms with E-state index in [2.05, 4.69) is 10.3 Å². The summed E-state index contributed by atoms with van der Waals surface area (Å²) in [7, 11) is 1.94. The highest BCUT2D eigenvalue weighted by Crippen LogP contribution is 2.25. The van der Waals surface area contributed by atoms with E-state index in [1.54, 1.807) is 12.3 Å². The van der Waals surface area contributed by atoms with Crippen molar-refractivity contribution in [3.63, 3.8) is 0 Å². The second-order valence-corrected chi connectivity index (χ2v) is 5.44. The van der Waals surface area contributed by atoms with Gasteiger partial charge < -0.3 is 14.6 Å². The quantitative estimate of drug-likeness (QED) is 0.851. The topological polar surface area (TPSA) is 39.1 Å². The highest BCUT2D eigenvalue weighted by atomic mass is 19.1. The third kappa shape index (κ3) is 3.61. The molecule has 0 spiro atoms. The van der Waals surface area contributed by atoms with Crippen LogP contribution in [-0.2, 0) is 20.0 Å². The number of ether oxygens (including phenoxy) is 1. The minimum atomic E-state index is -0.301. The molecule has 1 N–H and O–H groups in total. The van der Waals surface area contributed by atoms with Crippen LogP contribution in [0, 0.1) is 5.82 Å². The van der Waals surface area contributed by atoms with E-state index in [4.69, 9.17) is 4.74 Å². The third-order valence-electron chi connectivity index (χ3n) is 3.70. The van der Waals surface area contributed by atoms with Gasteiger partial charge in [0.1, 0.15) is 5.82 Å². The van der Waals surface area contributed by atoms with Gasteiger partial charge in [0.25, 0.3) is 0 Å². The van der Waals surface area contributed by atoms with Crippen LogP contribution in [0.5, 0.6) is 5.75 Å². The first-order valence-electron chi connectivity index (χ1n) is 7.34. The van der Waals surface area contributed by atoms with Crippen molar-refractivity contribution in [2.45, 2.75) is 31.8 Å². The molecule has 0 amide bonds. The zero-order valence-corrected chi connectivity index (χ0v) is 12.2. The minimum Gasteiger partial charge on any atom is -0.490 e. The Labute approximate surface area is 124 Å². The van der Waals surface area contributed by atoms with Crippen LogP contribution in [0.4, 0.5) is 4.39 Å². The molecule has 2 aromatic rings. The number of aromatic nitrogens is 2. The largest absolute Gasteiger partial charge is 0.490 e. The molecule has 1 aliphatic carbocycles. The van der Waals surface area contributed by atoms with Gasteiger partial charge in [0.15, 0.2) is 11.6 Å². The summed E-state index contributed by atoms with van der Waals surface area (Å²) in [5.74, 6) is 0.994. The Hall–Kier alpha value is -1.88. The third-order valence-corrected chi connectivity index (χ3v) is 3.70. The first-order chi connectivity index (χ1) is 10.2. The van der Waals surface area contributed by atoms with Crippen molar-refractivity contribution in [2.24, 2.45) is 7.05 Å². The minimum absolute atomic E-state index is 0.301. The number of aryl methyl sites for hydroxylation is 1. The molecule has 1 aromatic heterocycles. The van der Waals surface area contributed by atoms with Gasteiger partial charge in [-0.25, -0.2) is 9.37 Å². The standard InChI is InChI=1S/C16H20FN3O/c1-20-9-8-18-15(20)7-10-21-16-12(3-2-4-14(16)17)11-19-13-5-6-13/h2-4,8-9,13,19H,5-7,10-11H2,1H3. The molecule has 0 atom stereocenters. The second-order valence-electron chi connectivity index (χ2n) is 5.44. The lowest BCUT2D eigenvalue weighted by atomic mass is 10.2. The van der Waals surface area contributed by atoms with Gasteiger partial charge in [-0.1, -0.05) is 12.1 Å². The predicted octanol–water partition coefficient (Wildman–Crippen LogP) is 2.43. The van der Waals surface area contributed by atoms with E-state index < -0.39 is 0 Å². The molecule has 0 unspecified atom stereocenters. The number of benzene rings is 1. The molecule has 0 radical (unpaired) electrons. The SMILES string of the molecule is Cn1ccnc1CCOc1c(F)cccc1CNC1CC1. The summed E-state index contributed by atoms with van der Waals surface area (Å²) in [6, 6.07) is 5.67. The molecule has 4 nitrogen and oxygen atoms in total. The van der Waals surface area contributed by atoms with Crippen LogP contribution < -0.4 is 10.1 Å². The van der Waals surface area contributed by atoms with Gasteiger partial charge in [-0.3, -0.25) is 0 Å². The number of nitrogens with one attached hydrogen (secondary N) is 1. The number of halogens is 1. The molecule has 1 saturated carbocycles. The molecule has 112 valence electrons. The molecule has 0 bridgehead atoms. The van der Waals surface area contributed by atoms with Crippen LogP contribution >= 0.6 is 0 Å². The van der Waals surface area contributed by atoms with E-state index >= 15 is 0 Å². The molecule has 0 aliphatic heterocycles. The van der Waals surface area contributed by atoms with Crippen molar-refractivity contribution >= 4 is 0 Å². The van der Waals surface area contributed by atoms with Crippen molar-refractivity contribution in [1.29, 1.82) is 0 Å². The lowest BCUT2D eigenvalue weighted by Crippen LogP contribution is -2.17. The molecule has 1 aliphatic rings. The van der Waals surface area contributed by atoms with E-state index in [-0.39, 0.29) is 5.82 Å². The molecule has 21 heavy (non-hydrogen) atoms. The number of rotatable bonds is 7. The maximum absolute atomic E-state index is 14.0. The van der Waals surface area contributed by atoms with Crippen molar-refractivity contribution in [1.82, 2.24) is 14.9 Å². The van der Waals surface area contributed by atoms with Crippen LogP contribution in [0.3, 0.4) is 0 Å². The van der Waals surface area contributed by atoms with Gasteiger partial charge in [-0.2, -0.15) is 0 Å². The first-order valence-corrected chi connectivity index (χ1v) is 7.34. The van der Waals surface area contributed by atoms with Crippen LogP contribution in [0.2, 0.25) is 0 Å². The molecule has 1 aromatic carbocycles. The van der Waals surface area contributed by atoms with E-state index in [0.29, 0.717) is 31.4 Å². The Kier molecular flexibility index (Phi) is 4.20. The van der Waals surface area contributed by atoms with Gasteiger partial charge in [0.05, 0.1) is 6.61 Å². The fourth-order valence-electron chi connectivity index (χ4n) is 2.28. The summed E-state index contributed by atoms with van der Waals surface area (Å²) in [6.45, 7) is 1.07. The van der Waals surface area contributed by atoms with E-state index in [9.17, 15) is 4.39 Å². The van der Waals surface area contributed by atoms with E-state index in [0.717, 1.165) is 11.4 Å². The summed E-state index contributed by atoms with van der Waals surface area (Å²) in [6.07, 6.45) is 6.73. The summed E-state index contributed by atoms with van der Waals surface area (Å²) in [5.41, 5.74) is 0.877. The van der Waals surface area contributed by atoms with Gasteiger partial charge >= 0.3 is 0 Å². The van der Waals surface area contributed by atoms with Crippen molar-refractivity contribution in [3.05, 3.63) is 47.8 Å². The van der Waals surface area contributed by atoms with Crippen molar-refractivity contribution < 1.29 is 9.13 Å². The number of hydrogen-bond donors (Lipinski definition) is 1. The second kappa shape index (κ2) is 6.26. The summed E-state index contributed by atoms with van der Waals surface area (Å²) in [5, 5.41) is 3.39. The van der Waals surface area contributed by atoms with Gasteiger partial charge in [0, 0.05) is 44.0 Å². The fourth-order valence-corrected chi connectivity index (χ4v) is 2.28. The molecular weight excluding hydrogens is 269 g/mol. The normalized spacial score (nSPS) is 14.4. The molecule has 1 fully saturated rings. The Morgan fingerprint density at radius 3 is 3.00 bits per heavy atom. The molecule has 1 heterocycles. The predicted molar refractivity (Wildman–Crippen MR) is 78.7 cm³/mol. The summed E-state index contributed by atoms with van der Waals surface area (Å²) >= 11 is 0. The zero-order chi connectivity index (χ0) is 14.7. The molecule has 5 heteroatoms. The van der Waals surface area contributed by atoms with Crippen LogP contribution in [-0.4, -0.2) is 22.2 Å². The van der Waals surface area contributed by atoms with Crippen LogP contribution in [0.15, 0.2) is 30.6 Å². The van der Waals surface area contributed by atoms with Gasteiger partial charge in [0.2, 0.25) is 0 Å². The number of para-hydroxylation sites is 1. The van der Waals surface area contributed by atoms with Crippen molar-refractivity contribution in [3.8, 4) is 5.75 Å². The number of hydrogen-bond acceptors (Lipinski definition) is 3. The fraction of sp³-hybridized carbons (Fsp3) is 0.438. The Morgan fingerprint density at radius 2 is 2.29 bits per heavy atom. The van der Waals surface area contributed by atoms with Gasteiger partial charge in [-0.05, 0) is 18.9 Å². The number of imidazole rings is 1. The summed E-state index contributed by atoms with van der Waals surface area (Å²) in [4.78, 5) is 4.24. The average Bonchev–Trinajstić information content (AvgIpc) is 3.22. The Morgan fingerprint density at radius 1 is 1.43 bits per heavy atom. The highest BCUT2D eigenvalue weighted by Gasteiger charge is 2.21. The van der Waals surface area contributed by atoms with Crippen LogP contribution in [0.1, 0.15) is 24.2 Å². The Balaban J connectivity index is 1.61. The Bertz CT molecular complexity index is 607. The highest BCUT2D eigenvalue weighted by molar-refractivity contribution is 5.35. The first kappa shape index (κ1) is 14.1. The van der Waals surface area contributed by atoms with E-state index in [1.807, 2.05) is 23.9 Å². The smallest absolute Gasteiger partial charge is 0.165 e. The monoisotopic (exact) mass is 289 g/mol. The maximum atomic E-state index is 14.0. The zero-order valence-electron chi connectivity index (χ0n) is 12.2. The molecular formula is C16H20FN3O. The molecule has 3 rings (SSSR count). The van der Waals surface area contributed by atoms with Crippen molar-refractivity contribution in [2.75, 3.05) is 6.61 Å². The number of nitrogens with zero attached hydrogens (tertiary/aromatic N) is 2. The lowest BCUT2D eigenvalue weighted by molar-refractivity contribution is 0.297. The summed E-state index contributed by atoms with van der Waals surface area (Å²) < 4.78 is 21.6. The lowest BCUT2D eigenvalue weighted by Gasteiger charge is -2.13. The maximum Gasteiger partial charge on any atom is 0.165 e. The van der Waals surface area contributed by atoms with E-state index in [1.165, 1.54) is 18.9 Å².